The number of hydrogen-bond donors (Lipinski definition) is 0. The fourth-order valence-electron chi connectivity index (χ4n) is 2.64. The topological polar surface area (TPSA) is 49.3 Å². The molecule has 0 radical (unpaired) electrons. The van der Waals surface area contributed by atoms with Crippen molar-refractivity contribution in [2.24, 2.45) is 4.99 Å². The molecule has 0 unspecified atom stereocenters. The number of aliphatic imine (C=N–C) groups is 1. The van der Waals surface area contributed by atoms with Crippen LogP contribution in [0.3, 0.4) is 0 Å². The van der Waals surface area contributed by atoms with Crippen molar-refractivity contribution in [3.63, 3.8) is 0 Å². The Hall–Kier alpha value is -2.21. The van der Waals surface area contributed by atoms with Gasteiger partial charge >= 0.3 is 0 Å². The van der Waals surface area contributed by atoms with E-state index in [9.17, 15) is 0 Å². The first-order chi connectivity index (χ1) is 11.7. The molecule has 0 amide bonds. The third-order valence-electron chi connectivity index (χ3n) is 3.83. The van der Waals surface area contributed by atoms with Crippen LogP contribution in [0.1, 0.15) is 17.2 Å². The lowest BCUT2D eigenvalue weighted by Gasteiger charge is -2.17. The maximum atomic E-state index is 6.05. The largest absolute Gasteiger partial charge is 0.493 e. The second-order valence-electron chi connectivity index (χ2n) is 5.17. The molecule has 0 aliphatic carbocycles. The van der Waals surface area contributed by atoms with E-state index in [2.05, 4.69) is 20.9 Å². The predicted octanol–water partition coefficient (Wildman–Crippen LogP) is 3.99. The number of nitrogens with zero attached hydrogens (tertiary/aromatic N) is 1. The summed E-state index contributed by atoms with van der Waals surface area (Å²) < 4.78 is 23.0. The maximum Gasteiger partial charge on any atom is 0.218 e. The molecule has 2 aromatic carbocycles. The first-order valence-electron chi connectivity index (χ1n) is 7.44. The van der Waals surface area contributed by atoms with Gasteiger partial charge in [0.05, 0.1) is 37.9 Å². The maximum absolute atomic E-state index is 6.05. The molecule has 1 atom stereocenters. The molecule has 0 N–H and O–H groups in total. The van der Waals surface area contributed by atoms with Gasteiger partial charge in [0.25, 0.3) is 0 Å². The van der Waals surface area contributed by atoms with Gasteiger partial charge in [-0.25, -0.2) is 4.99 Å². The van der Waals surface area contributed by atoms with E-state index in [1.807, 2.05) is 36.4 Å². The molecule has 3 rings (SSSR count). The Morgan fingerprint density at radius 2 is 1.75 bits per heavy atom. The summed E-state index contributed by atoms with van der Waals surface area (Å²) in [7, 11) is 4.73. The number of ether oxygens (including phenoxy) is 4. The molecular formula is C18H18BrNO4. The minimum absolute atomic E-state index is 0.0906. The smallest absolute Gasteiger partial charge is 0.218 e. The first-order valence-corrected chi connectivity index (χ1v) is 8.23. The normalized spacial score (nSPS) is 16.3. The van der Waals surface area contributed by atoms with Crippen LogP contribution in [0.4, 0.5) is 0 Å². The van der Waals surface area contributed by atoms with Gasteiger partial charge in [-0.1, -0.05) is 30.3 Å². The van der Waals surface area contributed by atoms with Crippen molar-refractivity contribution in [2.45, 2.75) is 6.10 Å². The Morgan fingerprint density at radius 1 is 1.04 bits per heavy atom. The highest BCUT2D eigenvalue weighted by Gasteiger charge is 2.28. The number of benzene rings is 2. The van der Waals surface area contributed by atoms with Gasteiger partial charge in [0.1, 0.15) is 6.10 Å². The second kappa shape index (κ2) is 7.13. The predicted molar refractivity (Wildman–Crippen MR) is 95.5 cm³/mol. The fourth-order valence-corrected chi connectivity index (χ4v) is 3.27. The summed E-state index contributed by atoms with van der Waals surface area (Å²) in [6.45, 7) is 0.572. The van der Waals surface area contributed by atoms with Crippen LogP contribution in [0.2, 0.25) is 0 Å². The zero-order valence-corrected chi connectivity index (χ0v) is 15.3. The molecule has 1 aliphatic rings. The molecule has 6 heteroatoms. The quantitative estimate of drug-likeness (QED) is 0.772. The number of hydrogen-bond acceptors (Lipinski definition) is 5. The van der Waals surface area contributed by atoms with Crippen LogP contribution in [0.15, 0.2) is 45.9 Å². The fraction of sp³-hybridized carbons (Fsp3) is 0.278. The third-order valence-corrected chi connectivity index (χ3v) is 4.61. The summed E-state index contributed by atoms with van der Waals surface area (Å²) in [5.41, 5.74) is 1.86. The average molecular weight is 392 g/mol. The van der Waals surface area contributed by atoms with Crippen molar-refractivity contribution in [3.8, 4) is 17.2 Å². The first kappa shape index (κ1) is 16.6. The standard InChI is InChI=1S/C18H18BrNO4/c1-21-13-9-12(15(19)17(23-3)16(13)22-2)18-20-10-14(24-18)11-7-5-4-6-8-11/h4-9,14H,10H2,1-3H3/t14-/m1/s1. The van der Waals surface area contributed by atoms with Crippen LogP contribution in [0, 0.1) is 0 Å². The Kier molecular flexibility index (Phi) is 4.94. The van der Waals surface area contributed by atoms with Crippen LogP contribution in [-0.2, 0) is 4.74 Å². The van der Waals surface area contributed by atoms with Crippen LogP contribution in [0.5, 0.6) is 17.2 Å². The van der Waals surface area contributed by atoms with Crippen LogP contribution in [-0.4, -0.2) is 33.8 Å². The molecule has 5 nitrogen and oxygen atoms in total. The van der Waals surface area contributed by atoms with E-state index in [0.29, 0.717) is 29.7 Å². The monoisotopic (exact) mass is 391 g/mol. The number of halogens is 1. The summed E-state index contributed by atoms with van der Waals surface area (Å²) in [6, 6.07) is 11.9. The lowest BCUT2D eigenvalue weighted by molar-refractivity contribution is 0.230. The van der Waals surface area contributed by atoms with Crippen molar-refractivity contribution in [1.82, 2.24) is 0 Å². The second-order valence-corrected chi connectivity index (χ2v) is 5.96. The molecule has 0 spiro atoms. The van der Waals surface area contributed by atoms with Crippen molar-refractivity contribution < 1.29 is 18.9 Å². The van der Waals surface area contributed by atoms with Crippen molar-refractivity contribution >= 4 is 21.8 Å². The van der Waals surface area contributed by atoms with Gasteiger partial charge < -0.3 is 18.9 Å². The van der Waals surface area contributed by atoms with Crippen molar-refractivity contribution in [2.75, 3.05) is 27.9 Å². The highest BCUT2D eigenvalue weighted by atomic mass is 79.9. The van der Waals surface area contributed by atoms with E-state index >= 15 is 0 Å². The zero-order chi connectivity index (χ0) is 17.1. The molecule has 0 fully saturated rings. The van der Waals surface area contributed by atoms with Gasteiger partial charge in [-0.05, 0) is 27.6 Å². The minimum atomic E-state index is -0.0906. The summed E-state index contributed by atoms with van der Waals surface area (Å²) >= 11 is 3.56. The molecule has 1 heterocycles. The van der Waals surface area contributed by atoms with E-state index in [-0.39, 0.29) is 6.10 Å². The van der Waals surface area contributed by atoms with E-state index in [4.69, 9.17) is 18.9 Å². The highest BCUT2D eigenvalue weighted by molar-refractivity contribution is 9.10. The van der Waals surface area contributed by atoms with E-state index < -0.39 is 0 Å². The van der Waals surface area contributed by atoms with Gasteiger partial charge in [-0.3, -0.25) is 0 Å². The van der Waals surface area contributed by atoms with Crippen molar-refractivity contribution in [1.29, 1.82) is 0 Å². The van der Waals surface area contributed by atoms with Crippen LogP contribution >= 0.6 is 15.9 Å². The van der Waals surface area contributed by atoms with Gasteiger partial charge in [0, 0.05) is 0 Å². The summed E-state index contributed by atoms with van der Waals surface area (Å²) in [4.78, 5) is 4.54. The Balaban J connectivity index is 1.96. The van der Waals surface area contributed by atoms with Gasteiger partial charge in [-0.2, -0.15) is 0 Å². The molecule has 0 aromatic heterocycles. The van der Waals surface area contributed by atoms with E-state index in [0.717, 1.165) is 15.6 Å². The third kappa shape index (κ3) is 2.94. The molecule has 126 valence electrons. The Morgan fingerprint density at radius 3 is 2.38 bits per heavy atom. The number of rotatable bonds is 5. The summed E-state index contributed by atoms with van der Waals surface area (Å²) in [5, 5.41) is 0. The highest BCUT2D eigenvalue weighted by Crippen LogP contribution is 2.45. The minimum Gasteiger partial charge on any atom is -0.493 e. The van der Waals surface area contributed by atoms with Crippen molar-refractivity contribution in [3.05, 3.63) is 52.0 Å². The van der Waals surface area contributed by atoms with Gasteiger partial charge in [-0.15, -0.1) is 0 Å². The Bertz CT molecular complexity index is 761. The molecule has 0 bridgehead atoms. The molecular weight excluding hydrogens is 374 g/mol. The van der Waals surface area contributed by atoms with Crippen LogP contribution in [0.25, 0.3) is 0 Å². The molecule has 2 aromatic rings. The summed E-state index contributed by atoms with van der Waals surface area (Å²) in [6.07, 6.45) is -0.0906. The van der Waals surface area contributed by atoms with Gasteiger partial charge in [0.15, 0.2) is 11.5 Å². The molecule has 0 saturated carbocycles. The van der Waals surface area contributed by atoms with E-state index in [1.165, 1.54) is 0 Å². The van der Waals surface area contributed by atoms with Gasteiger partial charge in [0.2, 0.25) is 11.6 Å². The molecule has 1 aliphatic heterocycles. The molecule has 0 saturated heterocycles. The average Bonchev–Trinajstić information content (AvgIpc) is 3.11. The molecule has 24 heavy (non-hydrogen) atoms. The SMILES string of the molecule is COc1cc(C2=NC[C@H](c3ccccc3)O2)c(Br)c(OC)c1OC. The Labute approximate surface area is 149 Å². The summed E-state index contributed by atoms with van der Waals surface area (Å²) in [5.74, 6) is 2.17. The lowest BCUT2D eigenvalue weighted by atomic mass is 10.1. The van der Waals surface area contributed by atoms with Crippen LogP contribution < -0.4 is 14.2 Å². The van der Waals surface area contributed by atoms with E-state index in [1.54, 1.807) is 21.3 Å². The lowest BCUT2D eigenvalue weighted by Crippen LogP contribution is -2.08. The zero-order valence-electron chi connectivity index (χ0n) is 13.7. The number of methoxy groups -OCH3 is 3.